The van der Waals surface area contributed by atoms with Crippen LogP contribution >= 0.6 is 22.7 Å². The fraction of sp³-hybridized carbons (Fsp3) is 0.529. The van der Waals surface area contributed by atoms with Crippen molar-refractivity contribution < 1.29 is 0 Å². The third-order valence-corrected chi connectivity index (χ3v) is 6.10. The highest BCUT2D eigenvalue weighted by Crippen LogP contribution is 2.43. The first kappa shape index (κ1) is 14.3. The lowest BCUT2D eigenvalue weighted by atomic mass is 9.80. The SMILES string of the molecule is CCCNC(c1csc(C)c1)C1CCCc2sccc21. The molecule has 3 rings (SSSR count). The number of fused-ring (bicyclic) bond motifs is 1. The Balaban J connectivity index is 1.90. The Labute approximate surface area is 130 Å². The smallest absolute Gasteiger partial charge is 0.0398 e. The second-order valence-electron chi connectivity index (χ2n) is 5.72. The van der Waals surface area contributed by atoms with Gasteiger partial charge in [0.2, 0.25) is 0 Å². The standard InChI is InChI=1S/C17H23NS2/c1-3-8-18-17(13-10-12(2)20-11-13)15-5-4-6-16-14(15)7-9-19-16/h7,9-11,15,17-18H,3-6,8H2,1-2H3. The van der Waals surface area contributed by atoms with Crippen LogP contribution in [-0.2, 0) is 6.42 Å². The normalized spacial score (nSPS) is 19.8. The molecule has 2 aromatic rings. The second kappa shape index (κ2) is 6.42. The van der Waals surface area contributed by atoms with Crippen molar-refractivity contribution in [2.24, 2.45) is 0 Å². The van der Waals surface area contributed by atoms with Crippen LogP contribution in [0.15, 0.2) is 22.9 Å². The molecule has 1 aliphatic carbocycles. The van der Waals surface area contributed by atoms with Gasteiger partial charge in [-0.2, -0.15) is 0 Å². The summed E-state index contributed by atoms with van der Waals surface area (Å²) in [4.78, 5) is 3.04. The van der Waals surface area contributed by atoms with Gasteiger partial charge in [-0.1, -0.05) is 6.92 Å². The molecule has 0 aliphatic heterocycles. The summed E-state index contributed by atoms with van der Waals surface area (Å²) in [6.45, 7) is 5.57. The van der Waals surface area contributed by atoms with Crippen LogP contribution in [-0.4, -0.2) is 6.54 Å². The van der Waals surface area contributed by atoms with Crippen molar-refractivity contribution in [1.29, 1.82) is 0 Å². The molecular weight excluding hydrogens is 282 g/mol. The van der Waals surface area contributed by atoms with E-state index in [2.05, 4.69) is 42.1 Å². The molecule has 108 valence electrons. The molecule has 1 nitrogen and oxygen atoms in total. The number of aryl methyl sites for hydroxylation is 2. The van der Waals surface area contributed by atoms with Crippen LogP contribution in [0.25, 0.3) is 0 Å². The molecule has 3 heteroatoms. The number of hydrogen-bond acceptors (Lipinski definition) is 3. The summed E-state index contributed by atoms with van der Waals surface area (Å²) in [5.41, 5.74) is 3.10. The van der Waals surface area contributed by atoms with Crippen molar-refractivity contribution in [3.05, 3.63) is 43.8 Å². The van der Waals surface area contributed by atoms with Crippen molar-refractivity contribution >= 4 is 22.7 Å². The predicted molar refractivity (Wildman–Crippen MR) is 90.1 cm³/mol. The third kappa shape index (κ3) is 2.85. The number of nitrogens with one attached hydrogen (secondary N) is 1. The first-order valence-corrected chi connectivity index (χ1v) is 9.40. The van der Waals surface area contributed by atoms with Crippen molar-refractivity contribution in [3.63, 3.8) is 0 Å². The Morgan fingerprint density at radius 2 is 2.30 bits per heavy atom. The molecule has 0 amide bonds. The van der Waals surface area contributed by atoms with Crippen molar-refractivity contribution in [3.8, 4) is 0 Å². The molecule has 0 fully saturated rings. The number of thiophene rings is 2. The summed E-state index contributed by atoms with van der Waals surface area (Å²) >= 11 is 3.82. The van der Waals surface area contributed by atoms with E-state index in [-0.39, 0.29) is 0 Å². The van der Waals surface area contributed by atoms with Gasteiger partial charge in [-0.25, -0.2) is 0 Å². The maximum Gasteiger partial charge on any atom is 0.0398 e. The van der Waals surface area contributed by atoms with Gasteiger partial charge in [0.1, 0.15) is 0 Å². The van der Waals surface area contributed by atoms with Crippen LogP contribution in [0.2, 0.25) is 0 Å². The summed E-state index contributed by atoms with van der Waals surface area (Å²) in [6, 6.07) is 5.23. The maximum atomic E-state index is 3.81. The molecule has 0 spiro atoms. The third-order valence-electron chi connectivity index (χ3n) is 4.22. The first-order chi connectivity index (χ1) is 9.79. The van der Waals surface area contributed by atoms with Crippen molar-refractivity contribution in [2.45, 2.75) is 51.5 Å². The van der Waals surface area contributed by atoms with E-state index in [9.17, 15) is 0 Å². The van der Waals surface area contributed by atoms with Crippen LogP contribution in [0.4, 0.5) is 0 Å². The van der Waals surface area contributed by atoms with E-state index in [0.717, 1.165) is 6.54 Å². The quantitative estimate of drug-likeness (QED) is 0.792. The van der Waals surface area contributed by atoms with Crippen LogP contribution in [0, 0.1) is 6.92 Å². The lowest BCUT2D eigenvalue weighted by Crippen LogP contribution is -2.29. The van der Waals surface area contributed by atoms with Gasteiger partial charge in [-0.3, -0.25) is 0 Å². The van der Waals surface area contributed by atoms with Gasteiger partial charge >= 0.3 is 0 Å². The van der Waals surface area contributed by atoms with Gasteiger partial charge in [0.05, 0.1) is 0 Å². The molecule has 0 radical (unpaired) electrons. The highest BCUT2D eigenvalue weighted by Gasteiger charge is 2.29. The van der Waals surface area contributed by atoms with E-state index < -0.39 is 0 Å². The zero-order valence-corrected chi connectivity index (χ0v) is 13.9. The number of rotatable bonds is 5. The molecule has 1 aliphatic rings. The second-order valence-corrected chi connectivity index (χ2v) is 7.84. The van der Waals surface area contributed by atoms with Crippen LogP contribution < -0.4 is 5.32 Å². The van der Waals surface area contributed by atoms with Gasteiger partial charge in [0, 0.05) is 21.7 Å². The summed E-state index contributed by atoms with van der Waals surface area (Å²) in [7, 11) is 0. The molecule has 1 N–H and O–H groups in total. The van der Waals surface area contributed by atoms with Gasteiger partial charge in [-0.15, -0.1) is 22.7 Å². The van der Waals surface area contributed by atoms with E-state index >= 15 is 0 Å². The summed E-state index contributed by atoms with van der Waals surface area (Å²) in [5.74, 6) is 0.658. The predicted octanol–water partition coefficient (Wildman–Crippen LogP) is 5.28. The Morgan fingerprint density at radius 1 is 1.40 bits per heavy atom. The molecule has 2 aromatic heterocycles. The maximum absolute atomic E-state index is 3.81. The number of hydrogen-bond donors (Lipinski definition) is 1. The summed E-state index contributed by atoms with van der Waals surface area (Å²) in [6.07, 6.45) is 5.14. The Bertz CT molecular complexity index is 555. The lowest BCUT2D eigenvalue weighted by Gasteiger charge is -2.31. The zero-order chi connectivity index (χ0) is 13.9. The molecule has 2 heterocycles. The fourth-order valence-electron chi connectivity index (χ4n) is 3.29. The molecule has 0 saturated carbocycles. The van der Waals surface area contributed by atoms with Gasteiger partial charge < -0.3 is 5.32 Å². The van der Waals surface area contributed by atoms with Gasteiger partial charge in [0.15, 0.2) is 0 Å². The van der Waals surface area contributed by atoms with E-state index in [1.54, 1.807) is 10.4 Å². The molecule has 2 unspecified atom stereocenters. The van der Waals surface area contributed by atoms with E-state index in [4.69, 9.17) is 0 Å². The summed E-state index contributed by atoms with van der Waals surface area (Å²) < 4.78 is 0. The Morgan fingerprint density at radius 3 is 3.05 bits per heavy atom. The average Bonchev–Trinajstić information content (AvgIpc) is 3.08. The molecule has 0 saturated heterocycles. The highest BCUT2D eigenvalue weighted by molar-refractivity contribution is 7.10. The molecule has 0 aromatic carbocycles. The monoisotopic (exact) mass is 305 g/mol. The van der Waals surface area contributed by atoms with E-state index in [1.165, 1.54) is 36.1 Å². The minimum absolute atomic E-state index is 0.494. The van der Waals surface area contributed by atoms with Crippen molar-refractivity contribution in [2.75, 3.05) is 6.54 Å². The fourth-order valence-corrected chi connectivity index (χ4v) is 5.02. The minimum Gasteiger partial charge on any atom is -0.309 e. The lowest BCUT2D eigenvalue weighted by molar-refractivity contribution is 0.405. The average molecular weight is 306 g/mol. The van der Waals surface area contributed by atoms with E-state index in [0.29, 0.717) is 12.0 Å². The Hall–Kier alpha value is -0.640. The highest BCUT2D eigenvalue weighted by atomic mass is 32.1. The van der Waals surface area contributed by atoms with Crippen LogP contribution in [0.1, 0.15) is 59.0 Å². The zero-order valence-electron chi connectivity index (χ0n) is 12.3. The van der Waals surface area contributed by atoms with Gasteiger partial charge in [0.25, 0.3) is 0 Å². The summed E-state index contributed by atoms with van der Waals surface area (Å²) in [5, 5.41) is 8.44. The topological polar surface area (TPSA) is 12.0 Å². The largest absolute Gasteiger partial charge is 0.309 e. The van der Waals surface area contributed by atoms with Crippen molar-refractivity contribution in [1.82, 2.24) is 5.32 Å². The van der Waals surface area contributed by atoms with E-state index in [1.807, 2.05) is 22.7 Å². The minimum atomic E-state index is 0.494. The van der Waals surface area contributed by atoms with Crippen LogP contribution in [0.3, 0.4) is 0 Å². The first-order valence-electron chi connectivity index (χ1n) is 7.64. The molecular formula is C17H23NS2. The Kier molecular flexibility index (Phi) is 4.59. The molecule has 2 atom stereocenters. The van der Waals surface area contributed by atoms with Crippen LogP contribution in [0.5, 0.6) is 0 Å². The molecule has 20 heavy (non-hydrogen) atoms. The van der Waals surface area contributed by atoms with Gasteiger partial charge in [-0.05, 0) is 73.2 Å². The molecule has 0 bridgehead atoms.